The molecule has 1 heterocycles. The van der Waals surface area contributed by atoms with Crippen LogP contribution in [-0.2, 0) is 11.3 Å². The van der Waals surface area contributed by atoms with Gasteiger partial charge in [0.2, 0.25) is 5.91 Å². The van der Waals surface area contributed by atoms with Crippen LogP contribution in [0.4, 0.5) is 13.2 Å². The monoisotopic (exact) mass is 449 g/mol. The van der Waals surface area contributed by atoms with Crippen molar-refractivity contribution in [1.29, 1.82) is 0 Å². The predicted molar refractivity (Wildman–Crippen MR) is 113 cm³/mol. The largest absolute Gasteiger partial charge is 0.573 e. The van der Waals surface area contributed by atoms with Gasteiger partial charge in [-0.05, 0) is 36.2 Å². The first kappa shape index (κ1) is 23.6. The number of benzene rings is 2. The van der Waals surface area contributed by atoms with Crippen LogP contribution in [0.5, 0.6) is 5.75 Å². The van der Waals surface area contributed by atoms with Crippen LogP contribution in [0.25, 0.3) is 0 Å². The van der Waals surface area contributed by atoms with Gasteiger partial charge in [-0.3, -0.25) is 14.5 Å². The van der Waals surface area contributed by atoms with Gasteiger partial charge in [-0.1, -0.05) is 30.3 Å². The summed E-state index contributed by atoms with van der Waals surface area (Å²) in [5.74, 6) is -0.325. The number of hydrogen-bond acceptors (Lipinski definition) is 4. The zero-order valence-corrected chi connectivity index (χ0v) is 17.6. The van der Waals surface area contributed by atoms with Crippen molar-refractivity contribution in [3.8, 4) is 5.75 Å². The lowest BCUT2D eigenvalue weighted by atomic mass is 10.2. The summed E-state index contributed by atoms with van der Waals surface area (Å²) in [7, 11) is 0. The van der Waals surface area contributed by atoms with Crippen molar-refractivity contribution < 1.29 is 27.5 Å². The fourth-order valence-corrected chi connectivity index (χ4v) is 3.50. The quantitative estimate of drug-likeness (QED) is 0.628. The standard InChI is InChI=1S/C23H26F3N3O3/c24-23(25,26)32-20-10-8-18(9-11-20)17-28-13-15-29(16-14-28)21(30)7-4-12-27-22(31)19-5-2-1-3-6-19/h1-3,5-6,8-11H,4,7,12-17H2,(H,27,31). The molecule has 2 aromatic rings. The molecule has 0 saturated carbocycles. The Labute approximate surface area is 184 Å². The van der Waals surface area contributed by atoms with Crippen molar-refractivity contribution in [2.75, 3.05) is 32.7 Å². The second-order valence-electron chi connectivity index (χ2n) is 7.57. The lowest BCUT2D eigenvalue weighted by Crippen LogP contribution is -2.48. The normalized spacial score (nSPS) is 14.8. The van der Waals surface area contributed by atoms with E-state index in [4.69, 9.17) is 0 Å². The minimum Gasteiger partial charge on any atom is -0.406 e. The number of ether oxygens (including phenoxy) is 1. The Morgan fingerprint density at radius 1 is 0.938 bits per heavy atom. The van der Waals surface area contributed by atoms with Crippen LogP contribution in [0, 0.1) is 0 Å². The van der Waals surface area contributed by atoms with Crippen molar-refractivity contribution in [1.82, 2.24) is 15.1 Å². The first-order chi connectivity index (χ1) is 15.3. The van der Waals surface area contributed by atoms with Crippen LogP contribution in [0.3, 0.4) is 0 Å². The summed E-state index contributed by atoms with van der Waals surface area (Å²) >= 11 is 0. The maximum atomic E-state index is 12.4. The zero-order valence-electron chi connectivity index (χ0n) is 17.6. The molecule has 1 fully saturated rings. The third-order valence-electron chi connectivity index (χ3n) is 5.18. The van der Waals surface area contributed by atoms with Crippen LogP contribution in [0.2, 0.25) is 0 Å². The van der Waals surface area contributed by atoms with Gasteiger partial charge in [-0.2, -0.15) is 0 Å². The summed E-state index contributed by atoms with van der Waals surface area (Å²) in [4.78, 5) is 28.4. The molecule has 1 saturated heterocycles. The lowest BCUT2D eigenvalue weighted by Gasteiger charge is -2.34. The Kier molecular flexibility index (Phi) is 8.10. The molecule has 0 spiro atoms. The zero-order chi connectivity index (χ0) is 23.0. The van der Waals surface area contributed by atoms with Gasteiger partial charge in [0.05, 0.1) is 0 Å². The summed E-state index contributed by atoms with van der Waals surface area (Å²) in [6.45, 7) is 3.62. The van der Waals surface area contributed by atoms with Crippen LogP contribution in [0.1, 0.15) is 28.8 Å². The number of amides is 2. The second kappa shape index (κ2) is 11.0. The van der Waals surface area contributed by atoms with Crippen LogP contribution >= 0.6 is 0 Å². The third kappa shape index (κ3) is 7.56. The summed E-state index contributed by atoms with van der Waals surface area (Å²) in [5.41, 5.74) is 1.48. The maximum absolute atomic E-state index is 12.4. The highest BCUT2D eigenvalue weighted by Crippen LogP contribution is 2.23. The predicted octanol–water partition coefficient (Wildman–Crippen LogP) is 3.44. The highest BCUT2D eigenvalue weighted by atomic mass is 19.4. The fraction of sp³-hybridized carbons (Fsp3) is 0.391. The number of alkyl halides is 3. The molecule has 2 aromatic carbocycles. The maximum Gasteiger partial charge on any atom is 0.573 e. The topological polar surface area (TPSA) is 61.9 Å². The van der Waals surface area contributed by atoms with Gasteiger partial charge in [0.25, 0.3) is 5.91 Å². The van der Waals surface area contributed by atoms with E-state index < -0.39 is 6.36 Å². The smallest absolute Gasteiger partial charge is 0.406 e. The van der Waals surface area contributed by atoms with Crippen LogP contribution in [-0.4, -0.2) is 60.7 Å². The number of nitrogens with zero attached hydrogens (tertiary/aromatic N) is 2. The Bertz CT molecular complexity index is 881. The third-order valence-corrected chi connectivity index (χ3v) is 5.18. The van der Waals surface area contributed by atoms with Crippen LogP contribution < -0.4 is 10.1 Å². The molecule has 9 heteroatoms. The molecule has 0 atom stereocenters. The first-order valence-electron chi connectivity index (χ1n) is 10.5. The van der Waals surface area contributed by atoms with Gasteiger partial charge in [-0.25, -0.2) is 0 Å². The molecular formula is C23H26F3N3O3. The van der Waals surface area contributed by atoms with E-state index in [0.717, 1.165) is 5.56 Å². The minimum absolute atomic E-state index is 0.0623. The summed E-state index contributed by atoms with van der Waals surface area (Å²) in [6, 6.07) is 14.8. The molecule has 0 unspecified atom stereocenters. The van der Waals surface area contributed by atoms with E-state index in [1.54, 1.807) is 36.4 Å². The molecule has 0 bridgehead atoms. The summed E-state index contributed by atoms with van der Waals surface area (Å²) < 4.78 is 40.6. The van der Waals surface area contributed by atoms with E-state index in [0.29, 0.717) is 57.7 Å². The molecule has 1 aliphatic heterocycles. The van der Waals surface area contributed by atoms with Gasteiger partial charge in [0.15, 0.2) is 0 Å². The number of nitrogens with one attached hydrogen (secondary N) is 1. The van der Waals surface area contributed by atoms with Crippen molar-refractivity contribution in [2.24, 2.45) is 0 Å². The molecule has 0 aliphatic carbocycles. The van der Waals surface area contributed by atoms with Crippen LogP contribution in [0.15, 0.2) is 54.6 Å². The van der Waals surface area contributed by atoms with Gasteiger partial charge in [0, 0.05) is 51.3 Å². The van der Waals surface area contributed by atoms with E-state index in [-0.39, 0.29) is 17.6 Å². The van der Waals surface area contributed by atoms with Gasteiger partial charge < -0.3 is 15.0 Å². The van der Waals surface area contributed by atoms with E-state index in [1.807, 2.05) is 11.0 Å². The Balaban J connectivity index is 1.33. The number of hydrogen-bond donors (Lipinski definition) is 1. The lowest BCUT2D eigenvalue weighted by molar-refractivity contribution is -0.274. The number of carbonyl (C=O) groups is 2. The summed E-state index contributed by atoms with van der Waals surface area (Å²) in [5, 5.41) is 2.82. The van der Waals surface area contributed by atoms with Crippen molar-refractivity contribution in [3.63, 3.8) is 0 Å². The first-order valence-corrected chi connectivity index (χ1v) is 10.5. The number of halogens is 3. The van der Waals surface area contributed by atoms with Gasteiger partial charge in [0.1, 0.15) is 5.75 Å². The SMILES string of the molecule is O=C(NCCCC(=O)N1CCN(Cc2ccc(OC(F)(F)F)cc2)CC1)c1ccccc1. The molecule has 0 radical (unpaired) electrons. The van der Waals surface area contributed by atoms with Crippen molar-refractivity contribution in [3.05, 3.63) is 65.7 Å². The summed E-state index contributed by atoms with van der Waals surface area (Å²) in [6.07, 6.45) is -3.75. The van der Waals surface area contributed by atoms with E-state index in [9.17, 15) is 22.8 Å². The molecule has 0 aromatic heterocycles. The van der Waals surface area contributed by atoms with Crippen molar-refractivity contribution in [2.45, 2.75) is 25.7 Å². The fourth-order valence-electron chi connectivity index (χ4n) is 3.50. The number of carbonyl (C=O) groups excluding carboxylic acids is 2. The Morgan fingerprint density at radius 2 is 1.59 bits per heavy atom. The number of rotatable bonds is 8. The van der Waals surface area contributed by atoms with Crippen molar-refractivity contribution >= 4 is 11.8 Å². The van der Waals surface area contributed by atoms with Gasteiger partial charge in [-0.15, -0.1) is 13.2 Å². The molecule has 1 N–H and O–H groups in total. The molecule has 2 amide bonds. The molecule has 1 aliphatic rings. The Morgan fingerprint density at radius 3 is 2.22 bits per heavy atom. The highest BCUT2D eigenvalue weighted by Gasteiger charge is 2.31. The highest BCUT2D eigenvalue weighted by molar-refractivity contribution is 5.94. The molecule has 172 valence electrons. The van der Waals surface area contributed by atoms with E-state index >= 15 is 0 Å². The average molecular weight is 449 g/mol. The Hall–Kier alpha value is -3.07. The molecule has 3 rings (SSSR count). The molecular weight excluding hydrogens is 423 g/mol. The average Bonchev–Trinajstić information content (AvgIpc) is 2.78. The van der Waals surface area contributed by atoms with Gasteiger partial charge >= 0.3 is 6.36 Å². The molecule has 6 nitrogen and oxygen atoms in total. The van der Waals surface area contributed by atoms with E-state index in [1.165, 1.54) is 12.1 Å². The number of piperazine rings is 1. The minimum atomic E-state index is -4.70. The van der Waals surface area contributed by atoms with E-state index in [2.05, 4.69) is 15.0 Å². The molecule has 32 heavy (non-hydrogen) atoms. The second-order valence-corrected chi connectivity index (χ2v) is 7.57.